The zero-order valence-corrected chi connectivity index (χ0v) is 13.4. The summed E-state index contributed by atoms with van der Waals surface area (Å²) >= 11 is 0. The average molecular weight is 320 g/mol. The molecule has 122 valence electrons. The molecule has 0 spiro atoms. The Labute approximate surface area is 125 Å². The molecule has 8 heteroatoms. The van der Waals surface area contributed by atoms with Gasteiger partial charge in [-0.05, 0) is 32.6 Å². The molecule has 2 atom stereocenters. The SMILES string of the molecule is CCCS(=O)(=O)NC(C)C(=O)N1CCCCC1CC(=O)O. The van der Waals surface area contributed by atoms with Gasteiger partial charge in [0.25, 0.3) is 0 Å². The Hall–Kier alpha value is -1.15. The predicted octanol–water partition coefficient (Wildman–Crippen LogP) is 0.560. The molecule has 0 saturated carbocycles. The molecule has 0 aromatic rings. The Morgan fingerprint density at radius 1 is 1.38 bits per heavy atom. The normalized spacial score (nSPS) is 21.0. The van der Waals surface area contributed by atoms with Crippen molar-refractivity contribution in [2.24, 2.45) is 0 Å². The summed E-state index contributed by atoms with van der Waals surface area (Å²) in [5.41, 5.74) is 0. The van der Waals surface area contributed by atoms with Crippen LogP contribution in [0.25, 0.3) is 0 Å². The molecule has 0 radical (unpaired) electrons. The van der Waals surface area contributed by atoms with Gasteiger partial charge in [0.15, 0.2) is 0 Å². The standard InChI is InChI=1S/C13H24N2O5S/c1-3-8-21(19,20)14-10(2)13(18)15-7-5-4-6-11(15)9-12(16)17/h10-11,14H,3-9H2,1-2H3,(H,16,17). The van der Waals surface area contributed by atoms with E-state index >= 15 is 0 Å². The van der Waals surface area contributed by atoms with Crippen LogP contribution in [-0.4, -0.2) is 54.7 Å². The van der Waals surface area contributed by atoms with Crippen molar-refractivity contribution in [3.8, 4) is 0 Å². The van der Waals surface area contributed by atoms with E-state index in [1.54, 1.807) is 6.92 Å². The number of hydrogen-bond donors (Lipinski definition) is 2. The van der Waals surface area contributed by atoms with Crippen LogP contribution in [0.3, 0.4) is 0 Å². The number of carboxylic acid groups (broad SMARTS) is 1. The van der Waals surface area contributed by atoms with Crippen LogP contribution in [0.4, 0.5) is 0 Å². The van der Waals surface area contributed by atoms with E-state index in [1.807, 2.05) is 0 Å². The van der Waals surface area contributed by atoms with Crippen molar-refractivity contribution in [3.05, 3.63) is 0 Å². The molecule has 0 aliphatic carbocycles. The van der Waals surface area contributed by atoms with E-state index in [2.05, 4.69) is 4.72 Å². The highest BCUT2D eigenvalue weighted by atomic mass is 32.2. The van der Waals surface area contributed by atoms with E-state index in [1.165, 1.54) is 11.8 Å². The fourth-order valence-electron chi connectivity index (χ4n) is 2.60. The Morgan fingerprint density at radius 2 is 2.05 bits per heavy atom. The highest BCUT2D eigenvalue weighted by Crippen LogP contribution is 2.20. The van der Waals surface area contributed by atoms with Crippen molar-refractivity contribution in [2.45, 2.75) is 58.0 Å². The van der Waals surface area contributed by atoms with Gasteiger partial charge in [-0.15, -0.1) is 0 Å². The molecule has 1 fully saturated rings. The summed E-state index contributed by atoms with van der Waals surface area (Å²) in [5, 5.41) is 8.91. The van der Waals surface area contributed by atoms with Crippen LogP contribution in [-0.2, 0) is 19.6 Å². The van der Waals surface area contributed by atoms with Crippen molar-refractivity contribution in [1.29, 1.82) is 0 Å². The minimum Gasteiger partial charge on any atom is -0.481 e. The first-order valence-electron chi connectivity index (χ1n) is 7.29. The third kappa shape index (κ3) is 5.62. The number of carboxylic acids is 1. The summed E-state index contributed by atoms with van der Waals surface area (Å²) in [5.74, 6) is -1.32. The van der Waals surface area contributed by atoms with Gasteiger partial charge in [0, 0.05) is 12.6 Å². The predicted molar refractivity (Wildman–Crippen MR) is 78.3 cm³/mol. The molecule has 0 aromatic carbocycles. The average Bonchev–Trinajstić information content (AvgIpc) is 2.37. The highest BCUT2D eigenvalue weighted by Gasteiger charge is 2.32. The molecule has 1 amide bonds. The maximum atomic E-state index is 12.4. The zero-order chi connectivity index (χ0) is 16.0. The van der Waals surface area contributed by atoms with Crippen LogP contribution in [0.15, 0.2) is 0 Å². The quantitative estimate of drug-likeness (QED) is 0.713. The summed E-state index contributed by atoms with van der Waals surface area (Å²) in [6, 6.07) is -1.21. The van der Waals surface area contributed by atoms with Gasteiger partial charge in [0.1, 0.15) is 0 Å². The van der Waals surface area contributed by atoms with E-state index in [4.69, 9.17) is 5.11 Å². The molecule has 21 heavy (non-hydrogen) atoms. The van der Waals surface area contributed by atoms with Gasteiger partial charge in [-0.3, -0.25) is 9.59 Å². The van der Waals surface area contributed by atoms with Gasteiger partial charge < -0.3 is 10.0 Å². The lowest BCUT2D eigenvalue weighted by atomic mass is 9.98. The summed E-state index contributed by atoms with van der Waals surface area (Å²) in [6.07, 6.45) is 2.72. The third-order valence-corrected chi connectivity index (χ3v) is 5.18. The number of carbonyl (C=O) groups excluding carboxylic acids is 1. The third-order valence-electron chi connectivity index (χ3n) is 3.52. The van der Waals surface area contributed by atoms with Crippen LogP contribution in [0.2, 0.25) is 0 Å². The molecule has 0 bridgehead atoms. The minimum absolute atomic E-state index is 0.0246. The van der Waals surface area contributed by atoms with Crippen molar-refractivity contribution in [2.75, 3.05) is 12.3 Å². The van der Waals surface area contributed by atoms with Crippen molar-refractivity contribution in [1.82, 2.24) is 9.62 Å². The summed E-state index contributed by atoms with van der Waals surface area (Å²) < 4.78 is 25.8. The molecule has 1 heterocycles. The van der Waals surface area contributed by atoms with E-state index in [0.29, 0.717) is 19.4 Å². The van der Waals surface area contributed by atoms with Crippen LogP contribution in [0.1, 0.15) is 46.0 Å². The van der Waals surface area contributed by atoms with E-state index < -0.39 is 22.0 Å². The number of nitrogens with one attached hydrogen (secondary N) is 1. The first-order chi connectivity index (χ1) is 9.76. The number of aliphatic carboxylic acids is 1. The fraction of sp³-hybridized carbons (Fsp3) is 0.846. The van der Waals surface area contributed by atoms with Gasteiger partial charge >= 0.3 is 5.97 Å². The Kier molecular flexibility index (Phi) is 6.60. The molecule has 7 nitrogen and oxygen atoms in total. The lowest BCUT2D eigenvalue weighted by molar-refractivity contribution is -0.142. The van der Waals surface area contributed by atoms with Gasteiger partial charge in [0.05, 0.1) is 18.2 Å². The maximum absolute atomic E-state index is 12.4. The molecule has 2 unspecified atom stereocenters. The number of piperidine rings is 1. The first kappa shape index (κ1) is 17.9. The van der Waals surface area contributed by atoms with Gasteiger partial charge in [-0.1, -0.05) is 6.92 Å². The number of nitrogens with zero attached hydrogens (tertiary/aromatic N) is 1. The van der Waals surface area contributed by atoms with Crippen molar-refractivity contribution in [3.63, 3.8) is 0 Å². The monoisotopic (exact) mass is 320 g/mol. The first-order valence-corrected chi connectivity index (χ1v) is 8.94. The second kappa shape index (κ2) is 7.74. The van der Waals surface area contributed by atoms with E-state index in [-0.39, 0.29) is 24.1 Å². The highest BCUT2D eigenvalue weighted by molar-refractivity contribution is 7.89. The molecule has 1 rings (SSSR count). The van der Waals surface area contributed by atoms with Crippen molar-refractivity contribution < 1.29 is 23.1 Å². The lowest BCUT2D eigenvalue weighted by Gasteiger charge is -2.36. The minimum atomic E-state index is -3.47. The zero-order valence-electron chi connectivity index (χ0n) is 12.5. The molecular formula is C13H24N2O5S. The van der Waals surface area contributed by atoms with Gasteiger partial charge in [-0.2, -0.15) is 0 Å². The molecule has 1 saturated heterocycles. The van der Waals surface area contributed by atoms with E-state index in [9.17, 15) is 18.0 Å². The Morgan fingerprint density at radius 3 is 2.62 bits per heavy atom. The second-order valence-corrected chi connectivity index (χ2v) is 7.31. The molecule has 2 N–H and O–H groups in total. The van der Waals surface area contributed by atoms with E-state index in [0.717, 1.165) is 12.8 Å². The number of rotatable bonds is 7. The number of sulfonamides is 1. The molecule has 1 aliphatic rings. The van der Waals surface area contributed by atoms with Crippen molar-refractivity contribution >= 4 is 21.9 Å². The van der Waals surface area contributed by atoms with Crippen LogP contribution < -0.4 is 4.72 Å². The molecular weight excluding hydrogens is 296 g/mol. The molecule has 1 aliphatic heterocycles. The lowest BCUT2D eigenvalue weighted by Crippen LogP contribution is -2.53. The number of amides is 1. The molecule has 0 aromatic heterocycles. The van der Waals surface area contributed by atoms with Crippen LogP contribution in [0.5, 0.6) is 0 Å². The smallest absolute Gasteiger partial charge is 0.305 e. The topological polar surface area (TPSA) is 104 Å². The summed E-state index contributed by atoms with van der Waals surface area (Å²) in [7, 11) is -3.47. The van der Waals surface area contributed by atoms with Gasteiger partial charge in [-0.25, -0.2) is 13.1 Å². The summed E-state index contributed by atoms with van der Waals surface area (Å²) in [6.45, 7) is 3.73. The number of carbonyl (C=O) groups is 2. The van der Waals surface area contributed by atoms with Crippen LogP contribution >= 0.6 is 0 Å². The Balaban J connectivity index is 2.72. The second-order valence-electron chi connectivity index (χ2n) is 5.44. The maximum Gasteiger partial charge on any atom is 0.305 e. The summed E-state index contributed by atoms with van der Waals surface area (Å²) in [4.78, 5) is 24.8. The number of hydrogen-bond acceptors (Lipinski definition) is 4. The Bertz CT molecular complexity index is 477. The van der Waals surface area contributed by atoms with Crippen LogP contribution in [0, 0.1) is 0 Å². The fourth-order valence-corrected chi connectivity index (χ4v) is 3.90. The number of likely N-dealkylation sites (tertiary alicyclic amines) is 1. The largest absolute Gasteiger partial charge is 0.481 e. The van der Waals surface area contributed by atoms with Gasteiger partial charge in [0.2, 0.25) is 15.9 Å².